The number of hydrogen-bond acceptors (Lipinski definition) is 4. The molecule has 1 aromatic rings. The Labute approximate surface area is 130 Å². The highest BCUT2D eigenvalue weighted by molar-refractivity contribution is 7.89. The first-order valence-corrected chi connectivity index (χ1v) is 8.93. The van der Waals surface area contributed by atoms with Crippen LogP contribution in [0.15, 0.2) is 23.1 Å². The van der Waals surface area contributed by atoms with Gasteiger partial charge in [0.2, 0.25) is 10.0 Å². The Morgan fingerprint density at radius 3 is 2.52 bits per heavy atom. The van der Waals surface area contributed by atoms with E-state index in [2.05, 4.69) is 0 Å². The summed E-state index contributed by atoms with van der Waals surface area (Å²) >= 11 is 6.12. The van der Waals surface area contributed by atoms with Crippen LogP contribution in [0.4, 0.5) is 0 Å². The Balaban J connectivity index is 2.37. The van der Waals surface area contributed by atoms with Crippen LogP contribution in [-0.4, -0.2) is 37.0 Å². The summed E-state index contributed by atoms with van der Waals surface area (Å²) in [6, 6.07) is 4.71. The molecule has 0 bridgehead atoms. The second-order valence-corrected chi connectivity index (χ2v) is 7.51. The fraction of sp³-hybridized carbons (Fsp3) is 0.571. The van der Waals surface area contributed by atoms with E-state index in [1.807, 2.05) is 0 Å². The molecule has 3 N–H and O–H groups in total. The Hall–Kier alpha value is -0.660. The predicted octanol–water partition coefficient (Wildman–Crippen LogP) is 1.72. The zero-order chi connectivity index (χ0) is 15.5. The SMILES string of the molecule is NCc1ccc(S(=O)(=O)N(CCO)C2CCCC2)c(Cl)c1. The topological polar surface area (TPSA) is 83.6 Å². The molecule has 1 aliphatic rings. The van der Waals surface area contributed by atoms with Gasteiger partial charge in [0, 0.05) is 19.1 Å². The monoisotopic (exact) mass is 332 g/mol. The van der Waals surface area contributed by atoms with Gasteiger partial charge in [0.15, 0.2) is 0 Å². The van der Waals surface area contributed by atoms with Gasteiger partial charge in [-0.25, -0.2) is 8.42 Å². The molecule has 0 spiro atoms. The van der Waals surface area contributed by atoms with E-state index in [4.69, 9.17) is 17.3 Å². The molecule has 1 saturated carbocycles. The van der Waals surface area contributed by atoms with Crippen LogP contribution < -0.4 is 5.73 Å². The summed E-state index contributed by atoms with van der Waals surface area (Å²) in [5.41, 5.74) is 6.32. The van der Waals surface area contributed by atoms with Gasteiger partial charge >= 0.3 is 0 Å². The summed E-state index contributed by atoms with van der Waals surface area (Å²) in [6.45, 7) is 0.208. The van der Waals surface area contributed by atoms with E-state index in [1.165, 1.54) is 10.4 Å². The van der Waals surface area contributed by atoms with E-state index in [0.29, 0.717) is 6.54 Å². The standard InChI is InChI=1S/C14H21ClN2O3S/c15-13-9-11(10-16)5-6-14(13)21(19,20)17(7-8-18)12-3-1-2-4-12/h5-6,9,12,18H,1-4,7-8,10,16H2. The normalized spacial score (nSPS) is 16.8. The van der Waals surface area contributed by atoms with Gasteiger partial charge in [0.1, 0.15) is 4.90 Å². The van der Waals surface area contributed by atoms with Crippen LogP contribution in [0.25, 0.3) is 0 Å². The fourth-order valence-electron chi connectivity index (χ4n) is 2.80. The average Bonchev–Trinajstić information content (AvgIpc) is 2.97. The minimum Gasteiger partial charge on any atom is -0.395 e. The second kappa shape index (κ2) is 7.07. The molecule has 118 valence electrons. The van der Waals surface area contributed by atoms with Crippen molar-refractivity contribution < 1.29 is 13.5 Å². The average molecular weight is 333 g/mol. The zero-order valence-corrected chi connectivity index (χ0v) is 13.4. The highest BCUT2D eigenvalue weighted by Crippen LogP contribution is 2.31. The number of benzene rings is 1. The minimum atomic E-state index is -3.70. The first kappa shape index (κ1) is 16.7. The van der Waals surface area contributed by atoms with Gasteiger partial charge in [-0.3, -0.25) is 0 Å². The van der Waals surface area contributed by atoms with E-state index in [0.717, 1.165) is 31.2 Å². The van der Waals surface area contributed by atoms with Crippen molar-refractivity contribution in [3.8, 4) is 0 Å². The van der Waals surface area contributed by atoms with Crippen molar-refractivity contribution in [2.45, 2.75) is 43.2 Å². The predicted molar refractivity (Wildman–Crippen MR) is 82.6 cm³/mol. The molecule has 5 nitrogen and oxygen atoms in total. The molecule has 0 saturated heterocycles. The van der Waals surface area contributed by atoms with Crippen LogP contribution in [-0.2, 0) is 16.6 Å². The Bertz CT molecular complexity index is 586. The smallest absolute Gasteiger partial charge is 0.244 e. The lowest BCUT2D eigenvalue weighted by atomic mass is 10.2. The van der Waals surface area contributed by atoms with Gasteiger partial charge in [-0.1, -0.05) is 30.5 Å². The maximum atomic E-state index is 12.8. The van der Waals surface area contributed by atoms with E-state index < -0.39 is 10.0 Å². The van der Waals surface area contributed by atoms with E-state index >= 15 is 0 Å². The number of sulfonamides is 1. The second-order valence-electron chi connectivity index (χ2n) is 5.25. The van der Waals surface area contributed by atoms with Crippen LogP contribution in [0, 0.1) is 0 Å². The Morgan fingerprint density at radius 2 is 2.00 bits per heavy atom. The molecule has 0 aliphatic heterocycles. The van der Waals surface area contributed by atoms with E-state index in [-0.39, 0.29) is 29.1 Å². The quantitative estimate of drug-likeness (QED) is 0.831. The molecule has 2 rings (SSSR count). The molecule has 1 aromatic carbocycles. The van der Waals surface area contributed by atoms with Crippen LogP contribution in [0.2, 0.25) is 5.02 Å². The van der Waals surface area contributed by atoms with Crippen LogP contribution in [0.5, 0.6) is 0 Å². The third-order valence-corrected chi connectivity index (χ3v) is 6.31. The summed E-state index contributed by atoms with van der Waals surface area (Å²) in [5, 5.41) is 9.38. The molecule has 0 heterocycles. The zero-order valence-electron chi connectivity index (χ0n) is 11.8. The third kappa shape index (κ3) is 3.57. The lowest BCUT2D eigenvalue weighted by molar-refractivity contribution is 0.226. The number of halogens is 1. The molecule has 0 radical (unpaired) electrons. The number of aliphatic hydroxyl groups excluding tert-OH is 1. The first-order chi connectivity index (χ1) is 10.0. The van der Waals surface area contributed by atoms with Crippen molar-refractivity contribution in [1.82, 2.24) is 4.31 Å². The summed E-state index contributed by atoms with van der Waals surface area (Å²) in [4.78, 5) is 0.0849. The molecule has 0 amide bonds. The molecule has 0 unspecified atom stereocenters. The van der Waals surface area contributed by atoms with E-state index in [9.17, 15) is 13.5 Å². The van der Waals surface area contributed by atoms with Crippen molar-refractivity contribution in [2.75, 3.05) is 13.2 Å². The Kier molecular flexibility index (Phi) is 5.62. The third-order valence-electron chi connectivity index (χ3n) is 3.87. The summed E-state index contributed by atoms with van der Waals surface area (Å²) in [6.07, 6.45) is 3.69. The lowest BCUT2D eigenvalue weighted by Crippen LogP contribution is -2.40. The number of aliphatic hydroxyl groups is 1. The van der Waals surface area contributed by atoms with Gasteiger partial charge in [0.25, 0.3) is 0 Å². The molecule has 1 fully saturated rings. The molecule has 21 heavy (non-hydrogen) atoms. The van der Waals surface area contributed by atoms with E-state index in [1.54, 1.807) is 12.1 Å². The highest BCUT2D eigenvalue weighted by Gasteiger charge is 2.33. The van der Waals surface area contributed by atoms with Crippen molar-refractivity contribution in [2.24, 2.45) is 5.73 Å². The maximum Gasteiger partial charge on any atom is 0.244 e. The fourth-order valence-corrected chi connectivity index (χ4v) is 5.02. The summed E-state index contributed by atoms with van der Waals surface area (Å²) in [7, 11) is -3.70. The summed E-state index contributed by atoms with van der Waals surface area (Å²) < 4.78 is 27.0. The first-order valence-electron chi connectivity index (χ1n) is 7.12. The largest absolute Gasteiger partial charge is 0.395 e. The number of hydrogen-bond donors (Lipinski definition) is 2. The van der Waals surface area contributed by atoms with Gasteiger partial charge in [-0.2, -0.15) is 4.31 Å². The molecular weight excluding hydrogens is 312 g/mol. The van der Waals surface area contributed by atoms with Crippen molar-refractivity contribution in [1.29, 1.82) is 0 Å². The lowest BCUT2D eigenvalue weighted by Gasteiger charge is -2.27. The molecule has 0 aromatic heterocycles. The van der Waals surface area contributed by atoms with Crippen molar-refractivity contribution in [3.63, 3.8) is 0 Å². The maximum absolute atomic E-state index is 12.8. The number of nitrogens with two attached hydrogens (primary N) is 1. The van der Waals surface area contributed by atoms with Crippen LogP contribution in [0.1, 0.15) is 31.2 Å². The number of nitrogens with zero attached hydrogens (tertiary/aromatic N) is 1. The van der Waals surface area contributed by atoms with Gasteiger partial charge in [0.05, 0.1) is 11.6 Å². The molecular formula is C14H21ClN2O3S. The molecule has 0 atom stereocenters. The van der Waals surface area contributed by atoms with Gasteiger partial charge in [-0.05, 0) is 30.5 Å². The minimum absolute atomic E-state index is 0.0487. The van der Waals surface area contributed by atoms with Crippen LogP contribution >= 0.6 is 11.6 Å². The number of rotatable bonds is 6. The van der Waals surface area contributed by atoms with Crippen molar-refractivity contribution in [3.05, 3.63) is 28.8 Å². The van der Waals surface area contributed by atoms with Crippen molar-refractivity contribution >= 4 is 21.6 Å². The highest BCUT2D eigenvalue weighted by atomic mass is 35.5. The van der Waals surface area contributed by atoms with Crippen LogP contribution in [0.3, 0.4) is 0 Å². The molecule has 1 aliphatic carbocycles. The van der Waals surface area contributed by atoms with Gasteiger partial charge < -0.3 is 10.8 Å². The Morgan fingerprint density at radius 1 is 1.33 bits per heavy atom. The summed E-state index contributed by atoms with van der Waals surface area (Å²) in [5.74, 6) is 0. The van der Waals surface area contributed by atoms with Gasteiger partial charge in [-0.15, -0.1) is 0 Å². The molecule has 7 heteroatoms.